The summed E-state index contributed by atoms with van der Waals surface area (Å²) in [5.41, 5.74) is 0. The molecule has 0 bridgehead atoms. The van der Waals surface area contributed by atoms with Gasteiger partial charge in [0.25, 0.3) is 0 Å². The van der Waals surface area contributed by atoms with E-state index in [2.05, 4.69) is 16.0 Å². The van der Waals surface area contributed by atoms with Crippen LogP contribution in [0.2, 0.25) is 0 Å². The molecule has 0 atom stereocenters. The molecule has 3 N–H and O–H groups in total. The third-order valence-corrected chi connectivity index (χ3v) is 4.99. The van der Waals surface area contributed by atoms with Crippen LogP contribution in [0.4, 0.5) is 4.79 Å². The Morgan fingerprint density at radius 2 is 1.79 bits per heavy atom. The summed E-state index contributed by atoms with van der Waals surface area (Å²) in [5.74, 6) is 0.279. The molecule has 0 aromatic carbocycles. The molecule has 2 aliphatic rings. The number of nitrogens with zero attached hydrogens (tertiary/aromatic N) is 1. The van der Waals surface area contributed by atoms with Crippen molar-refractivity contribution in [2.75, 3.05) is 32.7 Å². The summed E-state index contributed by atoms with van der Waals surface area (Å²) in [6.45, 7) is 4.33. The molecule has 2 fully saturated rings. The number of carbonyl (C=O) groups is 2. The Labute approximate surface area is 146 Å². The number of urea groups is 1. The fourth-order valence-corrected chi connectivity index (χ4v) is 3.52. The van der Waals surface area contributed by atoms with Crippen LogP contribution in [0.3, 0.4) is 0 Å². The van der Waals surface area contributed by atoms with Gasteiger partial charge in [0.2, 0.25) is 5.91 Å². The zero-order valence-electron chi connectivity index (χ0n) is 14.9. The van der Waals surface area contributed by atoms with Gasteiger partial charge in [-0.2, -0.15) is 0 Å². The molecule has 3 amide bonds. The van der Waals surface area contributed by atoms with E-state index >= 15 is 0 Å². The maximum absolute atomic E-state index is 12.1. The number of hydrogen-bond acceptors (Lipinski definition) is 3. The summed E-state index contributed by atoms with van der Waals surface area (Å²) in [6.07, 6.45) is 10.5. The van der Waals surface area contributed by atoms with Crippen molar-refractivity contribution in [2.45, 2.75) is 70.3 Å². The normalized spacial score (nSPS) is 19.6. The number of unbranched alkanes of at least 4 members (excludes halogenated alkanes) is 2. The van der Waals surface area contributed by atoms with E-state index in [1.54, 1.807) is 0 Å². The lowest BCUT2D eigenvalue weighted by molar-refractivity contribution is -0.131. The molecule has 0 spiro atoms. The van der Waals surface area contributed by atoms with E-state index in [0.29, 0.717) is 19.0 Å². The van der Waals surface area contributed by atoms with Gasteiger partial charge in [-0.15, -0.1) is 0 Å². The summed E-state index contributed by atoms with van der Waals surface area (Å²) in [4.78, 5) is 25.9. The van der Waals surface area contributed by atoms with Gasteiger partial charge < -0.3 is 20.9 Å². The third kappa shape index (κ3) is 7.51. The van der Waals surface area contributed by atoms with Gasteiger partial charge in [-0.3, -0.25) is 4.79 Å². The van der Waals surface area contributed by atoms with E-state index in [4.69, 9.17) is 0 Å². The molecule has 1 saturated heterocycles. The van der Waals surface area contributed by atoms with Gasteiger partial charge in [-0.25, -0.2) is 4.79 Å². The van der Waals surface area contributed by atoms with Gasteiger partial charge >= 0.3 is 6.03 Å². The average Bonchev–Trinajstić information content (AvgIpc) is 2.88. The Kier molecular flexibility index (Phi) is 8.95. The molecule has 0 unspecified atom stereocenters. The van der Waals surface area contributed by atoms with Crippen LogP contribution < -0.4 is 16.0 Å². The van der Waals surface area contributed by atoms with Gasteiger partial charge in [0.15, 0.2) is 0 Å². The second kappa shape index (κ2) is 11.3. The maximum Gasteiger partial charge on any atom is 0.315 e. The van der Waals surface area contributed by atoms with Crippen LogP contribution in [-0.4, -0.2) is 55.6 Å². The lowest BCUT2D eigenvalue weighted by Crippen LogP contribution is -2.43. The summed E-state index contributed by atoms with van der Waals surface area (Å²) in [6, 6.07) is 0.328. The van der Waals surface area contributed by atoms with Gasteiger partial charge in [0.05, 0.1) is 0 Å². The van der Waals surface area contributed by atoms with Crippen LogP contribution in [0.25, 0.3) is 0 Å². The van der Waals surface area contributed by atoms with Crippen LogP contribution in [0, 0.1) is 0 Å². The highest BCUT2D eigenvalue weighted by molar-refractivity contribution is 5.76. The molecule has 2 rings (SSSR count). The van der Waals surface area contributed by atoms with Crippen molar-refractivity contribution < 1.29 is 9.59 Å². The summed E-state index contributed by atoms with van der Waals surface area (Å²) in [7, 11) is 0. The molecule has 24 heavy (non-hydrogen) atoms. The molecule has 0 radical (unpaired) electrons. The maximum atomic E-state index is 12.1. The molecule has 1 aliphatic carbocycles. The van der Waals surface area contributed by atoms with Crippen LogP contribution >= 0.6 is 0 Å². The number of rotatable bonds is 7. The minimum Gasteiger partial charge on any atom is -0.341 e. The minimum absolute atomic E-state index is 0.0324. The van der Waals surface area contributed by atoms with Gasteiger partial charge in [0, 0.05) is 38.6 Å². The molecular formula is C18H34N4O2. The summed E-state index contributed by atoms with van der Waals surface area (Å²) >= 11 is 0. The SMILES string of the molecule is O=C(NCCCCCC(=O)N1CCCNCC1)NC1CCCCC1. The van der Waals surface area contributed by atoms with Crippen molar-refractivity contribution in [1.82, 2.24) is 20.9 Å². The van der Waals surface area contributed by atoms with E-state index in [9.17, 15) is 9.59 Å². The standard InChI is InChI=1S/C18H34N4O2/c23-17(22-14-7-11-19-13-15-22)10-5-2-6-12-20-18(24)21-16-8-3-1-4-9-16/h16,19H,1-15H2,(H2,20,21,24). The van der Waals surface area contributed by atoms with Crippen molar-refractivity contribution in [3.05, 3.63) is 0 Å². The first kappa shape index (κ1) is 19.0. The Balaban J connectivity index is 1.45. The van der Waals surface area contributed by atoms with E-state index < -0.39 is 0 Å². The molecular weight excluding hydrogens is 304 g/mol. The van der Waals surface area contributed by atoms with Crippen molar-refractivity contribution in [3.63, 3.8) is 0 Å². The predicted octanol–water partition coefficient (Wildman–Crippen LogP) is 2.00. The summed E-state index contributed by atoms with van der Waals surface area (Å²) in [5, 5.41) is 9.31. The zero-order chi connectivity index (χ0) is 17.0. The number of nitrogens with one attached hydrogen (secondary N) is 3. The van der Waals surface area contributed by atoms with Crippen molar-refractivity contribution in [1.29, 1.82) is 0 Å². The van der Waals surface area contributed by atoms with Crippen LogP contribution in [0.5, 0.6) is 0 Å². The molecule has 1 saturated carbocycles. The Morgan fingerprint density at radius 3 is 2.62 bits per heavy atom. The first-order valence-corrected chi connectivity index (χ1v) is 9.78. The lowest BCUT2D eigenvalue weighted by atomic mass is 9.96. The number of hydrogen-bond donors (Lipinski definition) is 3. The van der Waals surface area contributed by atoms with E-state index in [1.165, 1.54) is 19.3 Å². The smallest absolute Gasteiger partial charge is 0.315 e. The second-order valence-electron chi connectivity index (χ2n) is 7.03. The van der Waals surface area contributed by atoms with Gasteiger partial charge in [-0.05, 0) is 38.6 Å². The van der Waals surface area contributed by atoms with E-state index in [1.807, 2.05) is 4.90 Å². The van der Waals surface area contributed by atoms with Crippen molar-refractivity contribution >= 4 is 11.9 Å². The second-order valence-corrected chi connectivity index (χ2v) is 7.03. The van der Waals surface area contributed by atoms with E-state index in [0.717, 1.165) is 64.7 Å². The Morgan fingerprint density at radius 1 is 0.958 bits per heavy atom. The lowest BCUT2D eigenvalue weighted by Gasteiger charge is -2.22. The summed E-state index contributed by atoms with van der Waals surface area (Å²) < 4.78 is 0. The molecule has 0 aromatic heterocycles. The van der Waals surface area contributed by atoms with Gasteiger partial charge in [0.1, 0.15) is 0 Å². The van der Waals surface area contributed by atoms with Crippen molar-refractivity contribution in [2.24, 2.45) is 0 Å². The van der Waals surface area contributed by atoms with Crippen LogP contribution in [0.1, 0.15) is 64.2 Å². The van der Waals surface area contributed by atoms with Gasteiger partial charge in [-0.1, -0.05) is 25.7 Å². The molecule has 6 heteroatoms. The predicted molar refractivity (Wildman–Crippen MR) is 95.9 cm³/mol. The highest BCUT2D eigenvalue weighted by Gasteiger charge is 2.16. The molecule has 1 heterocycles. The van der Waals surface area contributed by atoms with E-state index in [-0.39, 0.29) is 11.9 Å². The molecule has 0 aromatic rings. The molecule has 6 nitrogen and oxygen atoms in total. The van der Waals surface area contributed by atoms with Crippen molar-refractivity contribution in [3.8, 4) is 0 Å². The third-order valence-electron chi connectivity index (χ3n) is 4.99. The number of amides is 3. The molecule has 138 valence electrons. The minimum atomic E-state index is -0.0324. The highest BCUT2D eigenvalue weighted by Crippen LogP contribution is 2.17. The quantitative estimate of drug-likeness (QED) is 0.622. The first-order chi connectivity index (χ1) is 11.8. The largest absolute Gasteiger partial charge is 0.341 e. The number of carbonyl (C=O) groups excluding carboxylic acids is 2. The Bertz CT molecular complexity index is 375. The Hall–Kier alpha value is -1.30. The topological polar surface area (TPSA) is 73.5 Å². The molecule has 1 aliphatic heterocycles. The fourth-order valence-electron chi connectivity index (χ4n) is 3.52. The average molecular weight is 338 g/mol. The van der Waals surface area contributed by atoms with Crippen LogP contribution in [-0.2, 0) is 4.79 Å². The highest BCUT2D eigenvalue weighted by atomic mass is 16.2. The zero-order valence-corrected chi connectivity index (χ0v) is 14.9. The first-order valence-electron chi connectivity index (χ1n) is 9.78. The fraction of sp³-hybridized carbons (Fsp3) is 0.889. The van der Waals surface area contributed by atoms with Crippen LogP contribution in [0.15, 0.2) is 0 Å². The monoisotopic (exact) mass is 338 g/mol.